The third-order valence-corrected chi connectivity index (χ3v) is 3.97. The second-order valence-corrected chi connectivity index (χ2v) is 6.46. The lowest BCUT2D eigenvalue weighted by atomic mass is 10.2. The molecular weight excluding hydrogens is 388 g/mol. The largest absolute Gasteiger partial charge is 0.396 e. The van der Waals surface area contributed by atoms with E-state index in [0.717, 1.165) is 40.4 Å². The van der Waals surface area contributed by atoms with Crippen molar-refractivity contribution in [2.45, 2.75) is 19.3 Å². The molecule has 20 heavy (non-hydrogen) atoms. The van der Waals surface area contributed by atoms with Crippen molar-refractivity contribution in [3.63, 3.8) is 0 Å². The summed E-state index contributed by atoms with van der Waals surface area (Å²) in [6, 6.07) is 5.64. The highest BCUT2D eigenvalue weighted by molar-refractivity contribution is 9.11. The Bertz CT molecular complexity index is 441. The zero-order chi connectivity index (χ0) is 15.0. The summed E-state index contributed by atoms with van der Waals surface area (Å²) in [5.41, 5.74) is 0.770. The molecule has 4 nitrogen and oxygen atoms in total. The van der Waals surface area contributed by atoms with Crippen LogP contribution in [0.25, 0.3) is 0 Å². The van der Waals surface area contributed by atoms with Crippen molar-refractivity contribution in [1.82, 2.24) is 4.90 Å². The van der Waals surface area contributed by atoms with E-state index in [1.54, 1.807) is 0 Å². The van der Waals surface area contributed by atoms with Gasteiger partial charge in [0.05, 0.1) is 12.2 Å². The maximum atomic E-state index is 11.9. The molecular formula is C14H20Br2N2O2. The number of carbonyl (C=O) groups is 1. The van der Waals surface area contributed by atoms with Gasteiger partial charge in [-0.3, -0.25) is 9.69 Å². The maximum Gasteiger partial charge on any atom is 0.238 e. The summed E-state index contributed by atoms with van der Waals surface area (Å²) in [6.07, 6.45) is 2.80. The lowest BCUT2D eigenvalue weighted by molar-refractivity contribution is -0.117. The molecule has 0 spiro atoms. The van der Waals surface area contributed by atoms with E-state index in [1.165, 1.54) is 0 Å². The Labute approximate surface area is 136 Å². The topological polar surface area (TPSA) is 52.6 Å². The van der Waals surface area contributed by atoms with Gasteiger partial charge < -0.3 is 10.4 Å². The monoisotopic (exact) mass is 406 g/mol. The summed E-state index contributed by atoms with van der Waals surface area (Å²) < 4.78 is 1.81. The first-order valence-corrected chi connectivity index (χ1v) is 8.16. The Kier molecular flexibility index (Phi) is 8.37. The van der Waals surface area contributed by atoms with E-state index in [4.69, 9.17) is 5.11 Å². The van der Waals surface area contributed by atoms with Crippen LogP contribution in [0.15, 0.2) is 27.1 Å². The van der Waals surface area contributed by atoms with Crippen LogP contribution in [0.2, 0.25) is 0 Å². The number of anilines is 1. The van der Waals surface area contributed by atoms with Crippen molar-refractivity contribution in [2.75, 3.05) is 32.1 Å². The first-order valence-electron chi connectivity index (χ1n) is 6.57. The number of halogens is 2. The van der Waals surface area contributed by atoms with Crippen LogP contribution in [-0.2, 0) is 4.79 Å². The molecule has 1 rings (SSSR count). The summed E-state index contributed by atoms with van der Waals surface area (Å²) in [4.78, 5) is 13.9. The lowest BCUT2D eigenvalue weighted by Crippen LogP contribution is -2.31. The van der Waals surface area contributed by atoms with Gasteiger partial charge in [-0.05, 0) is 67.0 Å². The van der Waals surface area contributed by atoms with Crippen molar-refractivity contribution < 1.29 is 9.90 Å². The second-order valence-electron chi connectivity index (χ2n) is 4.69. The Morgan fingerprint density at radius 3 is 2.70 bits per heavy atom. The number of nitrogens with zero attached hydrogens (tertiary/aromatic N) is 1. The molecule has 0 aliphatic carbocycles. The summed E-state index contributed by atoms with van der Waals surface area (Å²) >= 11 is 6.79. The average molecular weight is 408 g/mol. The molecule has 1 aromatic carbocycles. The summed E-state index contributed by atoms with van der Waals surface area (Å²) in [7, 11) is 1.93. The van der Waals surface area contributed by atoms with Crippen LogP contribution in [0.1, 0.15) is 19.3 Å². The lowest BCUT2D eigenvalue weighted by Gasteiger charge is -2.16. The zero-order valence-electron chi connectivity index (χ0n) is 11.5. The second kappa shape index (κ2) is 9.50. The molecule has 0 fully saturated rings. The molecule has 2 N–H and O–H groups in total. The van der Waals surface area contributed by atoms with Crippen molar-refractivity contribution in [3.8, 4) is 0 Å². The van der Waals surface area contributed by atoms with Crippen LogP contribution in [-0.4, -0.2) is 42.7 Å². The number of aliphatic hydroxyl groups excluding tert-OH is 1. The quantitative estimate of drug-likeness (QED) is 0.650. The number of unbranched alkanes of at least 4 members (excludes halogenated alkanes) is 2. The fourth-order valence-electron chi connectivity index (χ4n) is 1.78. The van der Waals surface area contributed by atoms with Gasteiger partial charge in [0.25, 0.3) is 0 Å². The molecule has 0 aromatic heterocycles. The molecule has 0 saturated carbocycles. The van der Waals surface area contributed by atoms with Gasteiger partial charge in [-0.1, -0.05) is 15.9 Å². The van der Waals surface area contributed by atoms with Gasteiger partial charge in [0.1, 0.15) is 0 Å². The summed E-state index contributed by atoms with van der Waals surface area (Å²) in [6.45, 7) is 1.46. The summed E-state index contributed by atoms with van der Waals surface area (Å²) in [5, 5.41) is 11.6. The van der Waals surface area contributed by atoms with E-state index in [2.05, 4.69) is 37.2 Å². The zero-order valence-corrected chi connectivity index (χ0v) is 14.7. The molecule has 0 saturated heterocycles. The number of likely N-dealkylation sites (N-methyl/N-ethyl adjacent to an activating group) is 1. The molecule has 0 bridgehead atoms. The van der Waals surface area contributed by atoms with Gasteiger partial charge in [0.2, 0.25) is 5.91 Å². The number of nitrogens with one attached hydrogen (secondary N) is 1. The third kappa shape index (κ3) is 6.83. The standard InChI is InChI=1S/C14H20Br2N2O2/c1-18(7-3-2-4-8-19)10-14(20)17-13-6-5-11(15)9-12(13)16/h5-6,9,19H,2-4,7-8,10H2,1H3,(H,17,20). The molecule has 0 unspecified atom stereocenters. The normalized spacial score (nSPS) is 10.8. The van der Waals surface area contributed by atoms with Crippen molar-refractivity contribution in [1.29, 1.82) is 0 Å². The van der Waals surface area contributed by atoms with Crippen molar-refractivity contribution >= 4 is 43.5 Å². The maximum absolute atomic E-state index is 11.9. The SMILES string of the molecule is CN(CCCCCO)CC(=O)Nc1ccc(Br)cc1Br. The van der Waals surface area contributed by atoms with Gasteiger partial charge in [-0.25, -0.2) is 0 Å². The number of carbonyl (C=O) groups excluding carboxylic acids is 1. The van der Waals surface area contributed by atoms with Gasteiger partial charge >= 0.3 is 0 Å². The Balaban J connectivity index is 2.35. The molecule has 0 heterocycles. The molecule has 0 aliphatic rings. The minimum absolute atomic E-state index is 0.0299. The number of hydrogen-bond acceptors (Lipinski definition) is 3. The minimum atomic E-state index is -0.0299. The van der Waals surface area contributed by atoms with Gasteiger partial charge in [-0.15, -0.1) is 0 Å². The minimum Gasteiger partial charge on any atom is -0.396 e. The van der Waals surface area contributed by atoms with Crippen LogP contribution in [0, 0.1) is 0 Å². The summed E-state index contributed by atoms with van der Waals surface area (Å²) in [5.74, 6) is -0.0299. The predicted octanol–water partition coefficient (Wildman–Crippen LogP) is 3.24. The highest BCUT2D eigenvalue weighted by Crippen LogP contribution is 2.26. The fraction of sp³-hybridized carbons (Fsp3) is 0.500. The number of aliphatic hydroxyl groups is 1. The van der Waals surface area contributed by atoms with Crippen molar-refractivity contribution in [2.24, 2.45) is 0 Å². The van der Waals surface area contributed by atoms with Crippen LogP contribution in [0.3, 0.4) is 0 Å². The average Bonchev–Trinajstić information content (AvgIpc) is 2.38. The molecule has 0 aliphatic heterocycles. The molecule has 0 radical (unpaired) electrons. The van der Waals surface area contributed by atoms with E-state index < -0.39 is 0 Å². The van der Waals surface area contributed by atoms with Crippen LogP contribution < -0.4 is 5.32 Å². The molecule has 1 amide bonds. The number of hydrogen-bond donors (Lipinski definition) is 2. The number of amides is 1. The molecule has 6 heteroatoms. The highest BCUT2D eigenvalue weighted by Gasteiger charge is 2.08. The van der Waals surface area contributed by atoms with Gasteiger partial charge in [0.15, 0.2) is 0 Å². The fourth-order valence-corrected chi connectivity index (χ4v) is 2.92. The Morgan fingerprint density at radius 2 is 2.05 bits per heavy atom. The van der Waals surface area contributed by atoms with Crippen molar-refractivity contribution in [3.05, 3.63) is 27.1 Å². The smallest absolute Gasteiger partial charge is 0.238 e. The number of benzene rings is 1. The van der Waals surface area contributed by atoms with E-state index in [9.17, 15) is 4.79 Å². The first kappa shape index (κ1) is 17.6. The molecule has 112 valence electrons. The third-order valence-electron chi connectivity index (χ3n) is 2.82. The first-order chi connectivity index (χ1) is 9.52. The van der Waals surface area contributed by atoms with Gasteiger partial charge in [-0.2, -0.15) is 0 Å². The molecule has 1 aromatic rings. The van der Waals surface area contributed by atoms with E-state index in [1.807, 2.05) is 30.1 Å². The van der Waals surface area contributed by atoms with E-state index in [-0.39, 0.29) is 12.5 Å². The van der Waals surface area contributed by atoms with E-state index >= 15 is 0 Å². The van der Waals surface area contributed by atoms with Crippen LogP contribution >= 0.6 is 31.9 Å². The molecule has 0 atom stereocenters. The Hall–Kier alpha value is -0.430. The van der Waals surface area contributed by atoms with Gasteiger partial charge in [0, 0.05) is 15.6 Å². The Morgan fingerprint density at radius 1 is 1.30 bits per heavy atom. The predicted molar refractivity (Wildman–Crippen MR) is 88.9 cm³/mol. The van der Waals surface area contributed by atoms with Crippen LogP contribution in [0.4, 0.5) is 5.69 Å². The highest BCUT2D eigenvalue weighted by atomic mass is 79.9. The van der Waals surface area contributed by atoms with E-state index in [0.29, 0.717) is 6.54 Å². The number of rotatable bonds is 8. The van der Waals surface area contributed by atoms with Crippen LogP contribution in [0.5, 0.6) is 0 Å².